The van der Waals surface area contributed by atoms with Gasteiger partial charge in [0.15, 0.2) is 0 Å². The second kappa shape index (κ2) is 9.57. The fourth-order valence-corrected chi connectivity index (χ4v) is 4.23. The van der Waals surface area contributed by atoms with Crippen LogP contribution < -0.4 is 4.74 Å². The van der Waals surface area contributed by atoms with Crippen LogP contribution in [-0.2, 0) is 11.3 Å². The zero-order chi connectivity index (χ0) is 20.9. The summed E-state index contributed by atoms with van der Waals surface area (Å²) in [6, 6.07) is 7.67. The number of carbonyl (C=O) groups excluding carboxylic acids is 1. The maximum Gasteiger partial charge on any atom is 0.241 e. The number of piperidine rings is 1. The van der Waals surface area contributed by atoms with Crippen molar-refractivity contribution in [3.05, 3.63) is 30.2 Å². The number of likely N-dealkylation sites (tertiary alicyclic amines) is 1. The molecule has 2 aliphatic heterocycles. The van der Waals surface area contributed by atoms with E-state index >= 15 is 0 Å². The van der Waals surface area contributed by atoms with Gasteiger partial charge < -0.3 is 19.1 Å². The first-order valence-corrected chi connectivity index (χ1v) is 10.8. The van der Waals surface area contributed by atoms with Crippen molar-refractivity contribution >= 4 is 5.91 Å². The summed E-state index contributed by atoms with van der Waals surface area (Å²) in [6.07, 6.45) is 2.75. The number of aromatic nitrogens is 2. The van der Waals surface area contributed by atoms with Gasteiger partial charge in [0.1, 0.15) is 5.75 Å². The highest BCUT2D eigenvalue weighted by atomic mass is 16.5. The molecule has 8 heteroatoms. The predicted octanol–water partition coefficient (Wildman–Crippen LogP) is 2.12. The van der Waals surface area contributed by atoms with E-state index in [0.717, 1.165) is 63.4 Å². The van der Waals surface area contributed by atoms with Crippen molar-refractivity contribution < 1.29 is 14.1 Å². The van der Waals surface area contributed by atoms with Crippen LogP contribution in [0.4, 0.5) is 0 Å². The number of rotatable bonds is 6. The topological polar surface area (TPSA) is 74.9 Å². The standard InChI is InChI=1S/C22H31N5O3/c1-25-11-13-27(14-12-25)21(28)15-17-7-9-26(10-8-17)16-20-23-22(24-30-20)18-5-3-4-6-19(18)29-2/h3-6,17H,7-16H2,1-2H3. The molecule has 0 unspecified atom stereocenters. The smallest absolute Gasteiger partial charge is 0.241 e. The SMILES string of the molecule is COc1ccccc1-c1noc(CN2CCC(CC(=O)N3CCN(C)CC3)CC2)n1. The minimum atomic E-state index is 0.319. The third-order valence-corrected chi connectivity index (χ3v) is 6.20. The highest BCUT2D eigenvalue weighted by Gasteiger charge is 2.26. The lowest BCUT2D eigenvalue weighted by Crippen LogP contribution is -2.47. The summed E-state index contributed by atoms with van der Waals surface area (Å²) in [7, 11) is 3.75. The first-order valence-electron chi connectivity index (χ1n) is 10.8. The number of hydrogen-bond acceptors (Lipinski definition) is 7. The van der Waals surface area contributed by atoms with Crippen molar-refractivity contribution in [2.45, 2.75) is 25.8 Å². The largest absolute Gasteiger partial charge is 0.496 e. The first kappa shape index (κ1) is 20.8. The number of carbonyl (C=O) groups is 1. The van der Waals surface area contributed by atoms with Gasteiger partial charge in [-0.1, -0.05) is 17.3 Å². The fourth-order valence-electron chi connectivity index (χ4n) is 4.23. The van der Waals surface area contributed by atoms with Crippen LogP contribution in [0.3, 0.4) is 0 Å². The number of hydrogen-bond donors (Lipinski definition) is 0. The van der Waals surface area contributed by atoms with Crippen molar-refractivity contribution in [1.82, 2.24) is 24.8 Å². The number of ether oxygens (including phenoxy) is 1. The van der Waals surface area contributed by atoms with Gasteiger partial charge in [0.2, 0.25) is 17.6 Å². The normalized spacial score (nSPS) is 19.2. The maximum absolute atomic E-state index is 12.6. The van der Waals surface area contributed by atoms with Crippen molar-refractivity contribution in [3.8, 4) is 17.1 Å². The molecular formula is C22H31N5O3. The number of likely N-dealkylation sites (N-methyl/N-ethyl adjacent to an activating group) is 1. The molecular weight excluding hydrogens is 382 g/mol. The molecule has 1 amide bonds. The summed E-state index contributed by atoms with van der Waals surface area (Å²) in [5.41, 5.74) is 0.830. The molecule has 0 bridgehead atoms. The van der Waals surface area contributed by atoms with E-state index in [0.29, 0.717) is 36.5 Å². The van der Waals surface area contributed by atoms with E-state index in [1.54, 1.807) is 7.11 Å². The lowest BCUT2D eigenvalue weighted by molar-refractivity contribution is -0.134. The van der Waals surface area contributed by atoms with Crippen LogP contribution >= 0.6 is 0 Å². The van der Waals surface area contributed by atoms with E-state index in [-0.39, 0.29) is 0 Å². The molecule has 4 rings (SSSR count). The average molecular weight is 414 g/mol. The number of piperazine rings is 1. The molecule has 1 aromatic heterocycles. The van der Waals surface area contributed by atoms with E-state index in [2.05, 4.69) is 27.0 Å². The van der Waals surface area contributed by atoms with E-state index in [1.165, 1.54) is 0 Å². The van der Waals surface area contributed by atoms with Crippen LogP contribution in [0.5, 0.6) is 5.75 Å². The third-order valence-electron chi connectivity index (χ3n) is 6.20. The minimum absolute atomic E-state index is 0.319. The molecule has 0 atom stereocenters. The summed E-state index contributed by atoms with van der Waals surface area (Å²) in [5.74, 6) is 2.69. The Labute approximate surface area is 177 Å². The molecule has 0 radical (unpaired) electrons. The Kier molecular flexibility index (Phi) is 6.64. The number of amides is 1. The van der Waals surface area contributed by atoms with Gasteiger partial charge in [0.05, 0.1) is 19.2 Å². The van der Waals surface area contributed by atoms with Crippen molar-refractivity contribution in [1.29, 1.82) is 0 Å². The van der Waals surface area contributed by atoms with Gasteiger partial charge in [0, 0.05) is 32.6 Å². The highest BCUT2D eigenvalue weighted by Crippen LogP contribution is 2.28. The van der Waals surface area contributed by atoms with Gasteiger partial charge >= 0.3 is 0 Å². The van der Waals surface area contributed by atoms with E-state index in [4.69, 9.17) is 9.26 Å². The van der Waals surface area contributed by atoms with Crippen molar-refractivity contribution in [3.63, 3.8) is 0 Å². The third kappa shape index (κ3) is 4.99. The highest BCUT2D eigenvalue weighted by molar-refractivity contribution is 5.76. The fraction of sp³-hybridized carbons (Fsp3) is 0.591. The molecule has 0 spiro atoms. The molecule has 0 aliphatic carbocycles. The molecule has 1 aromatic carbocycles. The van der Waals surface area contributed by atoms with Crippen LogP contribution in [0.1, 0.15) is 25.2 Å². The van der Waals surface area contributed by atoms with E-state index in [9.17, 15) is 4.79 Å². The molecule has 2 aliphatic rings. The molecule has 8 nitrogen and oxygen atoms in total. The summed E-state index contributed by atoms with van der Waals surface area (Å²) in [4.78, 5) is 23.8. The monoisotopic (exact) mass is 413 g/mol. The number of para-hydroxylation sites is 1. The van der Waals surface area contributed by atoms with Crippen LogP contribution in [0.15, 0.2) is 28.8 Å². The van der Waals surface area contributed by atoms with E-state index < -0.39 is 0 Å². The molecule has 2 aromatic rings. The quantitative estimate of drug-likeness (QED) is 0.718. The maximum atomic E-state index is 12.6. The Morgan fingerprint density at radius 2 is 1.87 bits per heavy atom. The second-order valence-corrected chi connectivity index (χ2v) is 8.32. The molecule has 2 saturated heterocycles. The second-order valence-electron chi connectivity index (χ2n) is 8.32. The number of nitrogens with zero attached hydrogens (tertiary/aromatic N) is 5. The van der Waals surface area contributed by atoms with Gasteiger partial charge in [-0.05, 0) is 51.0 Å². The van der Waals surface area contributed by atoms with Crippen molar-refractivity contribution in [2.24, 2.45) is 5.92 Å². The van der Waals surface area contributed by atoms with Crippen LogP contribution in [0.25, 0.3) is 11.4 Å². The molecule has 3 heterocycles. The summed E-state index contributed by atoms with van der Waals surface area (Å²) < 4.78 is 10.9. The molecule has 2 fully saturated rings. The lowest BCUT2D eigenvalue weighted by atomic mass is 9.93. The summed E-state index contributed by atoms with van der Waals surface area (Å²) >= 11 is 0. The summed E-state index contributed by atoms with van der Waals surface area (Å²) in [6.45, 7) is 6.22. The molecule has 162 valence electrons. The number of methoxy groups -OCH3 is 1. The zero-order valence-electron chi connectivity index (χ0n) is 17.9. The Morgan fingerprint density at radius 1 is 1.13 bits per heavy atom. The Balaban J connectivity index is 1.25. The van der Waals surface area contributed by atoms with Gasteiger partial charge in [-0.15, -0.1) is 0 Å². The first-order chi connectivity index (χ1) is 14.6. The number of benzene rings is 1. The molecule has 0 saturated carbocycles. The predicted molar refractivity (Wildman–Crippen MR) is 113 cm³/mol. The van der Waals surface area contributed by atoms with Crippen molar-refractivity contribution in [2.75, 3.05) is 53.4 Å². The van der Waals surface area contributed by atoms with Gasteiger partial charge in [-0.25, -0.2) is 0 Å². The molecule has 0 N–H and O–H groups in total. The van der Waals surface area contributed by atoms with Crippen LogP contribution in [0, 0.1) is 5.92 Å². The zero-order valence-corrected chi connectivity index (χ0v) is 17.9. The van der Waals surface area contributed by atoms with Gasteiger partial charge in [-0.3, -0.25) is 9.69 Å². The van der Waals surface area contributed by atoms with Crippen LogP contribution in [-0.4, -0.2) is 84.2 Å². The Hall–Kier alpha value is -2.45. The lowest BCUT2D eigenvalue weighted by Gasteiger charge is -2.35. The average Bonchev–Trinajstić information content (AvgIpc) is 3.24. The minimum Gasteiger partial charge on any atom is -0.496 e. The van der Waals surface area contributed by atoms with E-state index in [1.807, 2.05) is 29.2 Å². The van der Waals surface area contributed by atoms with Gasteiger partial charge in [-0.2, -0.15) is 4.98 Å². The van der Waals surface area contributed by atoms with Crippen LogP contribution in [0.2, 0.25) is 0 Å². The Morgan fingerprint density at radius 3 is 2.60 bits per heavy atom. The summed E-state index contributed by atoms with van der Waals surface area (Å²) in [5, 5.41) is 4.13. The molecule has 30 heavy (non-hydrogen) atoms. The van der Waals surface area contributed by atoms with Gasteiger partial charge in [0.25, 0.3) is 0 Å². The Bertz CT molecular complexity index is 839.